The van der Waals surface area contributed by atoms with Crippen LogP contribution in [-0.4, -0.2) is 84.2 Å². The Kier molecular flexibility index (Phi) is 10.1. The minimum absolute atomic E-state index is 0.0943. The highest BCUT2D eigenvalue weighted by Crippen LogP contribution is 2.58. The molecule has 2 amide bonds. The van der Waals surface area contributed by atoms with Gasteiger partial charge in [-0.25, -0.2) is 17.8 Å². The summed E-state index contributed by atoms with van der Waals surface area (Å²) in [6.07, 6.45) is -2.39. The van der Waals surface area contributed by atoms with Gasteiger partial charge < -0.3 is 19.1 Å². The Morgan fingerprint density at radius 1 is 1.14 bits per heavy atom. The van der Waals surface area contributed by atoms with Gasteiger partial charge >= 0.3 is 12.1 Å². The van der Waals surface area contributed by atoms with Crippen LogP contribution in [0.4, 0.5) is 17.6 Å². The Labute approximate surface area is 350 Å². The number of pyridine rings is 1. The van der Waals surface area contributed by atoms with E-state index in [4.69, 9.17) is 17.7 Å². The first kappa shape index (κ1) is 36.6. The Morgan fingerprint density at radius 3 is 2.51 bits per heavy atom. The summed E-state index contributed by atoms with van der Waals surface area (Å²) in [5.41, 5.74) is -6.51. The molecular formula is C42H53F4N3O9S. The van der Waals surface area contributed by atoms with Gasteiger partial charge in [-0.05, 0) is 95.1 Å². The molecular weight excluding hydrogens is 799 g/mol. The van der Waals surface area contributed by atoms with Gasteiger partial charge in [0.05, 0.1) is 53.8 Å². The number of ether oxygens (including phenoxy) is 3. The van der Waals surface area contributed by atoms with E-state index < -0.39 is 124 Å². The zero-order chi connectivity index (χ0) is 48.3. The summed E-state index contributed by atoms with van der Waals surface area (Å²) < 4.78 is 148. The molecule has 12 nitrogen and oxygen atoms in total. The number of rotatable bonds is 10. The molecule has 1 aromatic heterocycles. The lowest BCUT2D eigenvalue weighted by Gasteiger charge is -2.34. The van der Waals surface area contributed by atoms with E-state index in [0.717, 1.165) is 11.0 Å². The van der Waals surface area contributed by atoms with E-state index >= 15 is 4.79 Å². The number of halogens is 4. The molecule has 4 aliphatic rings. The number of benzene rings is 1. The maximum Gasteiger partial charge on any atom is 0.427 e. The van der Waals surface area contributed by atoms with Crippen LogP contribution in [0.2, 0.25) is 0 Å². The summed E-state index contributed by atoms with van der Waals surface area (Å²) in [7, 11) is -2.77. The van der Waals surface area contributed by atoms with Crippen LogP contribution in [0.15, 0.2) is 36.5 Å². The average Bonchev–Trinajstić information content (AvgIpc) is 4.08. The number of carbonyl (C=O) groups excluding carboxylic acids is 4. The van der Waals surface area contributed by atoms with Crippen molar-refractivity contribution in [2.24, 2.45) is 29.1 Å². The molecule has 3 fully saturated rings. The highest BCUT2D eigenvalue weighted by molar-refractivity contribution is 7.91. The molecule has 2 aliphatic heterocycles. The molecule has 2 saturated carbocycles. The molecule has 2 aromatic rings. The highest BCUT2D eigenvalue weighted by Gasteiger charge is 2.63. The van der Waals surface area contributed by atoms with Crippen LogP contribution in [0.3, 0.4) is 0 Å². The predicted molar refractivity (Wildman–Crippen MR) is 208 cm³/mol. The van der Waals surface area contributed by atoms with E-state index in [0.29, 0.717) is 31.1 Å². The maximum atomic E-state index is 15.1. The summed E-state index contributed by atoms with van der Waals surface area (Å²) in [6, 6.07) is 2.31. The number of hydrogen-bond donors (Lipinski definition) is 1. The fraction of sp³-hybridized carbons (Fsp3) is 0.643. The monoisotopic (exact) mass is 857 g/mol. The van der Waals surface area contributed by atoms with E-state index in [9.17, 15) is 40.4 Å². The summed E-state index contributed by atoms with van der Waals surface area (Å²) in [5.74, 6) is -8.18. The van der Waals surface area contributed by atoms with Crippen molar-refractivity contribution < 1.29 is 67.6 Å². The van der Waals surface area contributed by atoms with Crippen molar-refractivity contribution in [1.29, 1.82) is 0 Å². The van der Waals surface area contributed by atoms with E-state index in [-0.39, 0.29) is 48.6 Å². The Morgan fingerprint density at radius 2 is 1.86 bits per heavy atom. The lowest BCUT2D eigenvalue weighted by Crippen LogP contribution is -2.49. The van der Waals surface area contributed by atoms with Crippen LogP contribution in [0.1, 0.15) is 107 Å². The lowest BCUT2D eigenvalue weighted by atomic mass is 9.79. The molecule has 324 valence electrons. The number of amides is 2. The number of fused-ring (bicyclic) bond motifs is 3. The van der Waals surface area contributed by atoms with Crippen molar-refractivity contribution in [1.82, 2.24) is 14.6 Å². The molecule has 0 unspecified atom stereocenters. The van der Waals surface area contributed by atoms with Crippen LogP contribution >= 0.6 is 0 Å². The van der Waals surface area contributed by atoms with Gasteiger partial charge in [-0.2, -0.15) is 13.2 Å². The van der Waals surface area contributed by atoms with E-state index in [2.05, 4.69) is 14.4 Å². The number of nitrogens with one attached hydrogen (secondary N) is 1. The predicted octanol–water partition coefficient (Wildman–Crippen LogP) is 6.99. The van der Waals surface area contributed by atoms with Gasteiger partial charge in [0, 0.05) is 26.5 Å². The van der Waals surface area contributed by atoms with Gasteiger partial charge in [-0.1, -0.05) is 32.4 Å². The number of aromatic nitrogens is 1. The molecule has 0 radical (unpaired) electrons. The molecule has 1 N–H and O–H groups in total. The maximum absolute atomic E-state index is 15.1. The van der Waals surface area contributed by atoms with Gasteiger partial charge in [-0.3, -0.25) is 23.9 Å². The molecule has 6 rings (SSSR count). The molecule has 2 aliphatic carbocycles. The third-order valence-corrected chi connectivity index (χ3v) is 14.6. The normalized spacial score (nSPS) is 31.3. The highest BCUT2D eigenvalue weighted by atomic mass is 32.2. The SMILES string of the molecule is [2H]C([2H])([2H])C(OC(=O)C[C@@H]1C(=O)N2C[C@H](Oc3ncc(OC)c4ccc(F)cc34)C[C@H]2C(=O)C[C@]2(C(=O)NS(=O)(=O)C3(C)CC3)C[C@H]2/C=C\CC[C@H](C)C[C@H]1CC)(C([2H])([2H])[2H])C(F)(F)F. The molecule has 1 saturated heterocycles. The first-order valence-corrected chi connectivity index (χ1v) is 21.2. The zero-order valence-electron chi connectivity index (χ0n) is 39.2. The smallest absolute Gasteiger partial charge is 0.427 e. The number of nitrogens with zero attached hydrogens (tertiary/aromatic N) is 2. The Hall–Kier alpha value is -4.28. The number of carbonyl (C=O) groups is 4. The van der Waals surface area contributed by atoms with Gasteiger partial charge in [0.15, 0.2) is 5.78 Å². The fourth-order valence-electron chi connectivity index (χ4n) is 8.37. The topological polar surface area (TPSA) is 158 Å². The first-order chi connectivity index (χ1) is 30.0. The van der Waals surface area contributed by atoms with Crippen LogP contribution in [-0.2, 0) is 33.9 Å². The molecule has 1 aromatic carbocycles. The van der Waals surface area contributed by atoms with Gasteiger partial charge in [0.1, 0.15) is 17.7 Å². The summed E-state index contributed by atoms with van der Waals surface area (Å²) >= 11 is 0. The summed E-state index contributed by atoms with van der Waals surface area (Å²) in [5, 5.41) is 0.565. The van der Waals surface area contributed by atoms with Crippen LogP contribution in [0.5, 0.6) is 11.6 Å². The number of sulfonamides is 1. The number of methoxy groups -OCH3 is 1. The van der Waals surface area contributed by atoms with Crippen molar-refractivity contribution in [3.8, 4) is 11.6 Å². The van der Waals surface area contributed by atoms with E-state index in [1.807, 2.05) is 6.92 Å². The Bertz CT molecular complexity index is 2310. The van der Waals surface area contributed by atoms with Crippen molar-refractivity contribution >= 4 is 44.4 Å². The lowest BCUT2D eigenvalue weighted by molar-refractivity contribution is -0.257. The average molecular weight is 858 g/mol. The fourth-order valence-corrected chi connectivity index (χ4v) is 9.70. The third kappa shape index (κ3) is 9.09. The van der Waals surface area contributed by atoms with Crippen molar-refractivity contribution in [2.75, 3.05) is 13.7 Å². The van der Waals surface area contributed by atoms with E-state index in [1.54, 1.807) is 19.1 Å². The molecule has 0 spiro atoms. The quantitative estimate of drug-likeness (QED) is 0.150. The number of ketones is 1. The molecule has 0 bridgehead atoms. The van der Waals surface area contributed by atoms with Crippen molar-refractivity contribution in [3.63, 3.8) is 0 Å². The second-order valence-corrected chi connectivity index (χ2v) is 19.0. The van der Waals surface area contributed by atoms with E-state index in [1.165, 1.54) is 32.4 Å². The standard InChI is InChI=1S/C42H53F4N3O9S/c1-7-25-16-24(2)10-8-9-11-26-20-41(26,38(53)48-59(54,55)40(5)14-15-40)21-33(50)32-18-28(57-36-31-17-27(43)12-13-29(31)34(56-6)22-47-36)23-49(32)37(52)30(25)19-35(51)58-39(3,4)42(44,45)46/h9,11-13,17,22,24-26,28,30,32H,7-8,10,14-16,18-21,23H2,1-6H3,(H,48,53)/b11-9-/t24-,25+,26+,28+,30-,32-,41+/m0/s1/i3D3,4D3. The number of hydrogen-bond acceptors (Lipinski definition) is 10. The van der Waals surface area contributed by atoms with Crippen molar-refractivity contribution in [2.45, 2.75) is 127 Å². The first-order valence-electron chi connectivity index (χ1n) is 22.7. The second kappa shape index (κ2) is 16.3. The molecule has 59 heavy (non-hydrogen) atoms. The molecule has 7 atom stereocenters. The second-order valence-electron chi connectivity index (χ2n) is 16.8. The number of alkyl halides is 3. The largest absolute Gasteiger partial charge is 0.494 e. The number of allylic oxidation sites excluding steroid dienone is 2. The summed E-state index contributed by atoms with van der Waals surface area (Å²) in [4.78, 5) is 63.1. The van der Waals surface area contributed by atoms with Gasteiger partial charge in [0.25, 0.3) is 0 Å². The minimum Gasteiger partial charge on any atom is -0.494 e. The third-order valence-electron chi connectivity index (χ3n) is 12.5. The number of esters is 1. The van der Waals surface area contributed by atoms with Crippen LogP contribution < -0.4 is 14.2 Å². The zero-order valence-corrected chi connectivity index (χ0v) is 34.0. The minimum atomic E-state index is -6.13. The van der Waals surface area contributed by atoms with Crippen molar-refractivity contribution in [3.05, 3.63) is 42.4 Å². The Balaban J connectivity index is 1.42. The van der Waals surface area contributed by atoms with Gasteiger partial charge in [-0.15, -0.1) is 0 Å². The number of Topliss-reactive ketones (excluding diaryl/α,β-unsaturated/α-hetero) is 1. The van der Waals surface area contributed by atoms with Crippen LogP contribution in [0, 0.1) is 34.9 Å². The van der Waals surface area contributed by atoms with Crippen LogP contribution in [0.25, 0.3) is 10.8 Å². The summed E-state index contributed by atoms with van der Waals surface area (Å²) in [6.45, 7) is -4.30. The molecule has 3 heterocycles. The van der Waals surface area contributed by atoms with Gasteiger partial charge in [0.2, 0.25) is 33.3 Å². The molecule has 17 heteroatoms.